The first-order valence-electron chi connectivity index (χ1n) is 10.2. The topological polar surface area (TPSA) is 125 Å². The van der Waals surface area contributed by atoms with Crippen molar-refractivity contribution < 1.29 is 19.5 Å². The maximum atomic E-state index is 12.8. The summed E-state index contributed by atoms with van der Waals surface area (Å²) in [5.41, 5.74) is 2.45. The van der Waals surface area contributed by atoms with Crippen LogP contribution in [0.3, 0.4) is 0 Å². The number of hydrogen-bond donors (Lipinski definition) is 4. The molecule has 9 heteroatoms. The van der Waals surface area contributed by atoms with Crippen LogP contribution in [0, 0.1) is 0 Å². The van der Waals surface area contributed by atoms with Gasteiger partial charge in [0.1, 0.15) is 17.6 Å². The van der Waals surface area contributed by atoms with E-state index in [1.54, 1.807) is 34.9 Å². The van der Waals surface area contributed by atoms with Crippen LogP contribution in [0.2, 0.25) is 0 Å². The number of amides is 2. The van der Waals surface area contributed by atoms with Crippen molar-refractivity contribution in [2.24, 2.45) is 0 Å². The molecule has 0 aliphatic rings. The molecule has 1 unspecified atom stereocenters. The standard InChI is InChI=1S/C23H27N5O4/c1-13(22(31)32)24-21(30)17-7-6-12-28-19(17)26-18(20(28)27-23(3,4)5)15-8-10-16(11-9-15)25-14(2)29/h6-13,27H,1-5H3,(H,24,30)(H,25,29)(H,31,32). The lowest BCUT2D eigenvalue weighted by Crippen LogP contribution is -2.38. The van der Waals surface area contributed by atoms with E-state index < -0.39 is 17.9 Å². The van der Waals surface area contributed by atoms with E-state index in [2.05, 4.69) is 16.0 Å². The molecule has 3 rings (SSSR count). The number of aromatic nitrogens is 2. The summed E-state index contributed by atoms with van der Waals surface area (Å²) in [5, 5.41) is 17.8. The maximum Gasteiger partial charge on any atom is 0.325 e. The van der Waals surface area contributed by atoms with Crippen molar-refractivity contribution >= 4 is 34.9 Å². The van der Waals surface area contributed by atoms with Crippen LogP contribution < -0.4 is 16.0 Å². The molecular weight excluding hydrogens is 410 g/mol. The lowest BCUT2D eigenvalue weighted by Gasteiger charge is -2.22. The van der Waals surface area contributed by atoms with Crippen LogP contribution in [0.25, 0.3) is 16.9 Å². The minimum absolute atomic E-state index is 0.160. The molecule has 0 spiro atoms. The van der Waals surface area contributed by atoms with Crippen LogP contribution in [-0.2, 0) is 9.59 Å². The van der Waals surface area contributed by atoms with Gasteiger partial charge in [-0.2, -0.15) is 0 Å². The molecule has 32 heavy (non-hydrogen) atoms. The molecule has 0 saturated carbocycles. The molecule has 0 aliphatic heterocycles. The van der Waals surface area contributed by atoms with Crippen molar-refractivity contribution in [3.8, 4) is 11.3 Å². The van der Waals surface area contributed by atoms with Gasteiger partial charge in [0.2, 0.25) is 5.91 Å². The Labute approximate surface area is 185 Å². The highest BCUT2D eigenvalue weighted by molar-refractivity contribution is 6.02. The van der Waals surface area contributed by atoms with Crippen LogP contribution in [-0.4, -0.2) is 43.9 Å². The average molecular weight is 438 g/mol. The second-order valence-electron chi connectivity index (χ2n) is 8.59. The van der Waals surface area contributed by atoms with Crippen molar-refractivity contribution in [1.82, 2.24) is 14.7 Å². The Bertz CT molecular complexity index is 1180. The van der Waals surface area contributed by atoms with Crippen molar-refractivity contribution in [3.63, 3.8) is 0 Å². The van der Waals surface area contributed by atoms with Crippen LogP contribution in [0.1, 0.15) is 45.0 Å². The fourth-order valence-electron chi connectivity index (χ4n) is 3.17. The predicted molar refractivity (Wildman–Crippen MR) is 123 cm³/mol. The van der Waals surface area contributed by atoms with Crippen LogP contribution in [0.4, 0.5) is 11.5 Å². The number of carbonyl (C=O) groups excluding carboxylic acids is 2. The number of pyridine rings is 1. The number of carboxylic acids is 1. The normalized spacial score (nSPS) is 12.3. The van der Waals surface area contributed by atoms with E-state index in [9.17, 15) is 14.4 Å². The number of carbonyl (C=O) groups is 3. The number of hydrogen-bond acceptors (Lipinski definition) is 5. The molecule has 0 saturated heterocycles. The number of anilines is 2. The Morgan fingerprint density at radius 1 is 1.09 bits per heavy atom. The molecule has 0 fully saturated rings. The molecule has 3 aromatic rings. The molecule has 168 valence electrons. The second-order valence-corrected chi connectivity index (χ2v) is 8.59. The Morgan fingerprint density at radius 2 is 1.75 bits per heavy atom. The lowest BCUT2D eigenvalue weighted by molar-refractivity contribution is -0.138. The smallest absolute Gasteiger partial charge is 0.325 e. The summed E-state index contributed by atoms with van der Waals surface area (Å²) < 4.78 is 1.78. The zero-order valence-electron chi connectivity index (χ0n) is 18.7. The summed E-state index contributed by atoms with van der Waals surface area (Å²) in [6, 6.07) is 9.53. The van der Waals surface area contributed by atoms with Gasteiger partial charge in [0.25, 0.3) is 5.91 Å². The largest absolute Gasteiger partial charge is 0.480 e. The van der Waals surface area contributed by atoms with Gasteiger partial charge < -0.3 is 21.1 Å². The third kappa shape index (κ3) is 5.05. The summed E-state index contributed by atoms with van der Waals surface area (Å²) in [5.74, 6) is -1.11. The third-order valence-corrected chi connectivity index (χ3v) is 4.58. The van der Waals surface area contributed by atoms with Gasteiger partial charge in [-0.25, -0.2) is 4.98 Å². The number of aliphatic carboxylic acids is 1. The number of rotatable bonds is 6. The number of carboxylic acid groups (broad SMARTS) is 1. The summed E-state index contributed by atoms with van der Waals surface area (Å²) >= 11 is 0. The van der Waals surface area contributed by atoms with E-state index >= 15 is 0 Å². The lowest BCUT2D eigenvalue weighted by atomic mass is 10.1. The zero-order valence-corrected chi connectivity index (χ0v) is 18.7. The molecule has 0 aliphatic carbocycles. The Morgan fingerprint density at radius 3 is 2.31 bits per heavy atom. The predicted octanol–water partition coefficient (Wildman–Crippen LogP) is 3.37. The van der Waals surface area contributed by atoms with Crippen LogP contribution >= 0.6 is 0 Å². The first-order valence-corrected chi connectivity index (χ1v) is 10.2. The second kappa shape index (κ2) is 8.70. The van der Waals surface area contributed by atoms with Gasteiger partial charge in [0, 0.05) is 29.9 Å². The number of fused-ring (bicyclic) bond motifs is 1. The molecule has 1 atom stereocenters. The van der Waals surface area contributed by atoms with E-state index in [1.165, 1.54) is 13.8 Å². The molecule has 4 N–H and O–H groups in total. The van der Waals surface area contributed by atoms with Gasteiger partial charge in [-0.3, -0.25) is 18.8 Å². The van der Waals surface area contributed by atoms with E-state index in [-0.39, 0.29) is 17.0 Å². The van der Waals surface area contributed by atoms with Crippen LogP contribution in [0.5, 0.6) is 0 Å². The molecule has 9 nitrogen and oxygen atoms in total. The summed E-state index contributed by atoms with van der Waals surface area (Å²) in [7, 11) is 0. The number of nitrogens with one attached hydrogen (secondary N) is 3. The quantitative estimate of drug-likeness (QED) is 0.469. The summed E-state index contributed by atoms with van der Waals surface area (Å²) in [4.78, 5) is 40.0. The van der Waals surface area contributed by atoms with Crippen molar-refractivity contribution in [2.75, 3.05) is 10.6 Å². The Balaban J connectivity index is 2.13. The first-order chi connectivity index (χ1) is 15.0. The van der Waals surface area contributed by atoms with Crippen molar-refractivity contribution in [3.05, 3.63) is 48.2 Å². The molecule has 2 amide bonds. The highest BCUT2D eigenvalue weighted by atomic mass is 16.4. The monoisotopic (exact) mass is 437 g/mol. The minimum atomic E-state index is -1.12. The Kier molecular flexibility index (Phi) is 6.20. The highest BCUT2D eigenvalue weighted by Gasteiger charge is 2.23. The molecular formula is C23H27N5O4. The third-order valence-electron chi connectivity index (χ3n) is 4.58. The van der Waals surface area contributed by atoms with Crippen LogP contribution in [0.15, 0.2) is 42.6 Å². The number of imidazole rings is 1. The summed E-state index contributed by atoms with van der Waals surface area (Å²) in [6.07, 6.45) is 1.79. The number of nitrogens with zero attached hydrogens (tertiary/aromatic N) is 2. The Hall–Kier alpha value is -3.88. The van der Waals surface area contributed by atoms with Gasteiger partial charge in [-0.05, 0) is 52.0 Å². The molecule has 0 bridgehead atoms. The zero-order chi connectivity index (χ0) is 23.6. The molecule has 0 radical (unpaired) electrons. The average Bonchev–Trinajstić information content (AvgIpc) is 3.04. The fourth-order valence-corrected chi connectivity index (χ4v) is 3.17. The van der Waals surface area contributed by atoms with Gasteiger partial charge in [0.05, 0.1) is 5.56 Å². The van der Waals surface area contributed by atoms with Crippen molar-refractivity contribution in [2.45, 2.75) is 46.2 Å². The molecule has 2 aromatic heterocycles. The molecule has 2 heterocycles. The maximum absolute atomic E-state index is 12.8. The van der Waals surface area contributed by atoms with Gasteiger partial charge in [-0.1, -0.05) is 12.1 Å². The minimum Gasteiger partial charge on any atom is -0.480 e. The first kappa shape index (κ1) is 22.8. The van der Waals surface area contributed by atoms with E-state index in [4.69, 9.17) is 10.1 Å². The SMILES string of the molecule is CC(=O)Nc1ccc(-c2nc3c(C(=O)NC(C)C(=O)O)cccn3c2NC(C)(C)C)cc1. The van der Waals surface area contributed by atoms with E-state index in [0.717, 1.165) is 5.56 Å². The van der Waals surface area contributed by atoms with Gasteiger partial charge >= 0.3 is 5.97 Å². The summed E-state index contributed by atoms with van der Waals surface area (Å²) in [6.45, 7) is 8.89. The van der Waals surface area contributed by atoms with E-state index in [0.29, 0.717) is 22.8 Å². The fraction of sp³-hybridized carbons (Fsp3) is 0.304. The van der Waals surface area contributed by atoms with E-state index in [1.807, 2.05) is 32.9 Å². The number of benzene rings is 1. The van der Waals surface area contributed by atoms with Crippen molar-refractivity contribution in [1.29, 1.82) is 0 Å². The molecule has 1 aromatic carbocycles. The van der Waals surface area contributed by atoms with Gasteiger partial charge in [0.15, 0.2) is 5.65 Å². The van der Waals surface area contributed by atoms with Gasteiger partial charge in [-0.15, -0.1) is 0 Å². The highest BCUT2D eigenvalue weighted by Crippen LogP contribution is 2.32.